The van der Waals surface area contributed by atoms with Crippen LogP contribution in [0, 0.1) is 5.92 Å². The molecule has 2 aliphatic heterocycles. The molecule has 35 heavy (non-hydrogen) atoms. The van der Waals surface area contributed by atoms with E-state index in [-0.39, 0.29) is 34.8 Å². The molecule has 5 rings (SSSR count). The number of halogens is 3. The van der Waals surface area contributed by atoms with Crippen molar-refractivity contribution in [2.24, 2.45) is 5.92 Å². The Morgan fingerprint density at radius 3 is 2.66 bits per heavy atom. The van der Waals surface area contributed by atoms with Gasteiger partial charge in [-0.15, -0.1) is 0 Å². The number of aromatic nitrogens is 3. The lowest BCUT2D eigenvalue weighted by Crippen LogP contribution is -2.44. The van der Waals surface area contributed by atoms with Crippen molar-refractivity contribution in [1.82, 2.24) is 19.9 Å². The highest BCUT2D eigenvalue weighted by molar-refractivity contribution is 7.21. The summed E-state index contributed by atoms with van der Waals surface area (Å²) in [6, 6.07) is 8.81. The molecule has 3 aromatic rings. The van der Waals surface area contributed by atoms with Crippen molar-refractivity contribution in [3.8, 4) is 0 Å². The number of alkyl halides is 3. The van der Waals surface area contributed by atoms with Crippen LogP contribution in [-0.4, -0.2) is 46.2 Å². The highest BCUT2D eigenvalue weighted by Gasteiger charge is 2.40. The zero-order valence-corrected chi connectivity index (χ0v) is 19.7. The summed E-state index contributed by atoms with van der Waals surface area (Å²) in [6.45, 7) is 2.88. The summed E-state index contributed by atoms with van der Waals surface area (Å²) in [5.41, 5.74) is 0.0308. The molecule has 12 heteroatoms. The van der Waals surface area contributed by atoms with Crippen LogP contribution in [0.5, 0.6) is 0 Å². The van der Waals surface area contributed by atoms with Crippen molar-refractivity contribution in [3.63, 3.8) is 0 Å². The van der Waals surface area contributed by atoms with Crippen molar-refractivity contribution < 1.29 is 22.7 Å². The van der Waals surface area contributed by atoms with E-state index in [4.69, 9.17) is 4.74 Å². The molecule has 4 heterocycles. The van der Waals surface area contributed by atoms with Gasteiger partial charge in [0, 0.05) is 19.0 Å². The molecular weight excluding hydrogens is 483 g/mol. The minimum atomic E-state index is -4.79. The maximum absolute atomic E-state index is 13.7. The standard InChI is InChI=1S/C23H24F3N5O3S/c1-13(15-6-3-2-4-7-15)27-18(32)16-8-5-9-30(16)22-28-17-19(35-22)29-21(23(24,25)26)31(20(17)33)10-14-11-34-12-14/h2-4,6-7,13-14,16H,5,8-12H2,1H3,(H,27,32)/t13-,16-/m1/s1. The van der Waals surface area contributed by atoms with Crippen molar-refractivity contribution in [1.29, 1.82) is 0 Å². The normalized spacial score (nSPS) is 19.7. The lowest BCUT2D eigenvalue weighted by atomic mass is 10.1. The molecule has 0 radical (unpaired) electrons. The van der Waals surface area contributed by atoms with E-state index in [2.05, 4.69) is 15.3 Å². The van der Waals surface area contributed by atoms with Gasteiger partial charge in [0.05, 0.1) is 19.3 Å². The fourth-order valence-electron chi connectivity index (χ4n) is 4.46. The van der Waals surface area contributed by atoms with Gasteiger partial charge in [0.2, 0.25) is 11.7 Å². The average molecular weight is 508 g/mol. The number of carbonyl (C=O) groups excluding carboxylic acids is 1. The summed E-state index contributed by atoms with van der Waals surface area (Å²) in [7, 11) is 0. The quantitative estimate of drug-likeness (QED) is 0.551. The van der Waals surface area contributed by atoms with Crippen LogP contribution in [0.15, 0.2) is 35.1 Å². The van der Waals surface area contributed by atoms with E-state index >= 15 is 0 Å². The van der Waals surface area contributed by atoms with Crippen molar-refractivity contribution in [2.75, 3.05) is 24.7 Å². The van der Waals surface area contributed by atoms with Gasteiger partial charge < -0.3 is 15.0 Å². The van der Waals surface area contributed by atoms with E-state index in [9.17, 15) is 22.8 Å². The lowest BCUT2D eigenvalue weighted by Gasteiger charge is -2.27. The molecule has 1 aromatic carbocycles. The van der Waals surface area contributed by atoms with Crippen LogP contribution in [0.1, 0.15) is 37.2 Å². The average Bonchev–Trinajstić information content (AvgIpc) is 3.44. The van der Waals surface area contributed by atoms with Crippen LogP contribution >= 0.6 is 11.3 Å². The number of amides is 1. The van der Waals surface area contributed by atoms with E-state index in [1.807, 2.05) is 37.3 Å². The minimum absolute atomic E-state index is 0.0813. The Kier molecular flexibility index (Phi) is 6.26. The number of fused-ring (bicyclic) bond motifs is 1. The number of benzene rings is 1. The third-order valence-electron chi connectivity index (χ3n) is 6.37. The summed E-state index contributed by atoms with van der Waals surface area (Å²) >= 11 is 0.908. The fraction of sp³-hybridized carbons (Fsp3) is 0.478. The fourth-order valence-corrected chi connectivity index (χ4v) is 5.46. The summed E-state index contributed by atoms with van der Waals surface area (Å²) in [4.78, 5) is 36.0. The number of carbonyl (C=O) groups is 1. The molecule has 0 bridgehead atoms. The lowest BCUT2D eigenvalue weighted by molar-refractivity contribution is -0.149. The van der Waals surface area contributed by atoms with Crippen molar-refractivity contribution in [3.05, 3.63) is 52.1 Å². The molecule has 186 valence electrons. The highest BCUT2D eigenvalue weighted by Crippen LogP contribution is 2.34. The molecule has 0 unspecified atom stereocenters. The predicted octanol–water partition coefficient (Wildman–Crippen LogP) is 3.36. The molecule has 0 aliphatic carbocycles. The third kappa shape index (κ3) is 4.64. The molecule has 1 N–H and O–H groups in total. The Morgan fingerprint density at radius 2 is 2.00 bits per heavy atom. The topological polar surface area (TPSA) is 89.4 Å². The SMILES string of the molecule is C[C@@H](NC(=O)[C@H]1CCCN1c1nc2c(=O)n(CC3COC3)c(C(F)(F)F)nc2s1)c1ccccc1. The number of hydrogen-bond acceptors (Lipinski definition) is 7. The number of nitrogens with zero attached hydrogens (tertiary/aromatic N) is 4. The third-order valence-corrected chi connectivity index (χ3v) is 7.36. The number of rotatable bonds is 6. The van der Waals surface area contributed by atoms with Gasteiger partial charge in [-0.2, -0.15) is 13.2 Å². The molecule has 2 saturated heterocycles. The van der Waals surface area contributed by atoms with Crippen LogP contribution in [-0.2, 0) is 22.3 Å². The molecule has 2 aliphatic rings. The second-order valence-electron chi connectivity index (χ2n) is 8.89. The predicted molar refractivity (Wildman–Crippen MR) is 124 cm³/mol. The van der Waals surface area contributed by atoms with Gasteiger partial charge in [-0.05, 0) is 25.3 Å². The summed E-state index contributed by atoms with van der Waals surface area (Å²) in [6.07, 6.45) is -3.48. The molecule has 0 spiro atoms. The van der Waals surface area contributed by atoms with Crippen molar-refractivity contribution >= 4 is 32.7 Å². The first-order chi connectivity index (χ1) is 16.7. The number of ether oxygens (including phenoxy) is 1. The van der Waals surface area contributed by atoms with Gasteiger partial charge in [-0.1, -0.05) is 41.7 Å². The number of nitrogens with one attached hydrogen (secondary N) is 1. The zero-order chi connectivity index (χ0) is 24.7. The smallest absolute Gasteiger partial charge is 0.381 e. The van der Waals surface area contributed by atoms with Crippen LogP contribution in [0.4, 0.5) is 18.3 Å². The summed E-state index contributed by atoms with van der Waals surface area (Å²) < 4.78 is 46.9. The van der Waals surface area contributed by atoms with E-state index in [0.29, 0.717) is 35.9 Å². The van der Waals surface area contributed by atoms with Gasteiger partial charge in [0.25, 0.3) is 5.56 Å². The van der Waals surface area contributed by atoms with E-state index in [1.165, 1.54) is 0 Å². The Hall–Kier alpha value is -2.99. The second kappa shape index (κ2) is 9.23. The first-order valence-corrected chi connectivity index (χ1v) is 12.2. The second-order valence-corrected chi connectivity index (χ2v) is 9.85. The van der Waals surface area contributed by atoms with Crippen LogP contribution in [0.25, 0.3) is 10.3 Å². The minimum Gasteiger partial charge on any atom is -0.381 e. The van der Waals surface area contributed by atoms with Crippen LogP contribution < -0.4 is 15.8 Å². The molecule has 1 amide bonds. The largest absolute Gasteiger partial charge is 0.449 e. The Balaban J connectivity index is 1.44. The van der Waals surface area contributed by atoms with E-state index in [1.54, 1.807) is 4.90 Å². The number of anilines is 1. The molecular formula is C23H24F3N5O3S. The maximum atomic E-state index is 13.7. The zero-order valence-electron chi connectivity index (χ0n) is 18.9. The Labute approximate surface area is 202 Å². The monoisotopic (exact) mass is 507 g/mol. The first-order valence-electron chi connectivity index (χ1n) is 11.4. The van der Waals surface area contributed by atoms with E-state index < -0.39 is 23.6 Å². The van der Waals surface area contributed by atoms with Gasteiger partial charge in [0.1, 0.15) is 6.04 Å². The maximum Gasteiger partial charge on any atom is 0.449 e. The molecule has 2 fully saturated rings. The number of hydrogen-bond donors (Lipinski definition) is 1. The summed E-state index contributed by atoms with van der Waals surface area (Å²) in [5, 5.41) is 3.34. The number of thiazole rings is 1. The van der Waals surface area contributed by atoms with Gasteiger partial charge in [-0.3, -0.25) is 14.2 Å². The molecule has 0 saturated carbocycles. The van der Waals surface area contributed by atoms with Crippen LogP contribution in [0.2, 0.25) is 0 Å². The van der Waals surface area contributed by atoms with Crippen molar-refractivity contribution in [2.45, 2.75) is 44.6 Å². The van der Waals surface area contributed by atoms with Crippen LogP contribution in [0.3, 0.4) is 0 Å². The van der Waals surface area contributed by atoms with Gasteiger partial charge in [-0.25, -0.2) is 9.97 Å². The Morgan fingerprint density at radius 1 is 1.26 bits per heavy atom. The van der Waals surface area contributed by atoms with E-state index in [0.717, 1.165) is 23.3 Å². The first kappa shape index (κ1) is 23.7. The molecule has 8 nitrogen and oxygen atoms in total. The highest BCUT2D eigenvalue weighted by atomic mass is 32.1. The Bertz CT molecular complexity index is 1290. The summed E-state index contributed by atoms with van der Waals surface area (Å²) in [5.74, 6) is -1.60. The van der Waals surface area contributed by atoms with Gasteiger partial charge >= 0.3 is 6.18 Å². The molecule has 2 aromatic heterocycles. The van der Waals surface area contributed by atoms with Gasteiger partial charge in [0.15, 0.2) is 15.5 Å². The molecule has 2 atom stereocenters.